The molecule has 0 spiro atoms. The van der Waals surface area contributed by atoms with Gasteiger partial charge in [0.15, 0.2) is 0 Å². The SMILES string of the molecule is CCC(C)CN1CCC(c2nc(C(=O)Nc3ccccc3N3CCCCC3)cs2)CC1. The molecule has 4 rings (SSSR count). The van der Waals surface area contributed by atoms with E-state index in [1.54, 1.807) is 11.3 Å². The zero-order valence-electron chi connectivity index (χ0n) is 19.0. The number of nitrogens with zero attached hydrogens (tertiary/aromatic N) is 3. The zero-order chi connectivity index (χ0) is 21.6. The fraction of sp³-hybridized carbons (Fsp3) is 0.600. The number of piperidine rings is 2. The number of hydrogen-bond acceptors (Lipinski definition) is 5. The van der Waals surface area contributed by atoms with Crippen molar-refractivity contribution in [2.45, 2.75) is 58.3 Å². The Kier molecular flexibility index (Phi) is 7.62. The average molecular weight is 441 g/mol. The first-order chi connectivity index (χ1) is 15.1. The molecule has 0 aliphatic carbocycles. The third-order valence-electron chi connectivity index (χ3n) is 6.81. The van der Waals surface area contributed by atoms with Crippen LogP contribution in [-0.2, 0) is 0 Å². The van der Waals surface area contributed by atoms with E-state index in [2.05, 4.69) is 35.0 Å². The van der Waals surface area contributed by atoms with Crippen molar-refractivity contribution in [2.24, 2.45) is 5.92 Å². The molecule has 5 nitrogen and oxygen atoms in total. The maximum Gasteiger partial charge on any atom is 0.275 e. The van der Waals surface area contributed by atoms with E-state index in [4.69, 9.17) is 4.98 Å². The van der Waals surface area contributed by atoms with E-state index < -0.39 is 0 Å². The van der Waals surface area contributed by atoms with E-state index in [-0.39, 0.29) is 5.91 Å². The number of benzene rings is 1. The molecular formula is C25H36N4OS. The fourth-order valence-corrected chi connectivity index (χ4v) is 5.66. The van der Waals surface area contributed by atoms with E-state index in [0.29, 0.717) is 11.6 Å². The van der Waals surface area contributed by atoms with Crippen LogP contribution in [0.3, 0.4) is 0 Å². The number of aromatic nitrogens is 1. The number of rotatable bonds is 7. The van der Waals surface area contributed by atoms with Gasteiger partial charge in [-0.1, -0.05) is 32.4 Å². The van der Waals surface area contributed by atoms with Crippen molar-refractivity contribution in [3.05, 3.63) is 40.3 Å². The highest BCUT2D eigenvalue weighted by atomic mass is 32.1. The molecule has 2 aliphatic rings. The van der Waals surface area contributed by atoms with Gasteiger partial charge in [0.2, 0.25) is 0 Å². The first-order valence-electron chi connectivity index (χ1n) is 12.0. The Labute approximate surface area is 190 Å². The summed E-state index contributed by atoms with van der Waals surface area (Å²) in [6.45, 7) is 10.2. The highest BCUT2D eigenvalue weighted by Gasteiger charge is 2.25. The molecule has 0 radical (unpaired) electrons. The number of anilines is 2. The molecule has 2 aromatic rings. The molecule has 1 N–H and O–H groups in total. The van der Waals surface area contributed by atoms with Crippen LogP contribution in [0.4, 0.5) is 11.4 Å². The lowest BCUT2D eigenvalue weighted by atomic mass is 9.96. The topological polar surface area (TPSA) is 48.5 Å². The number of para-hydroxylation sites is 2. The van der Waals surface area contributed by atoms with Gasteiger partial charge in [-0.05, 0) is 63.2 Å². The lowest BCUT2D eigenvalue weighted by Gasteiger charge is -2.32. The van der Waals surface area contributed by atoms with E-state index in [1.807, 2.05) is 23.6 Å². The van der Waals surface area contributed by atoms with Gasteiger partial charge in [0.05, 0.1) is 16.4 Å². The highest BCUT2D eigenvalue weighted by molar-refractivity contribution is 7.10. The van der Waals surface area contributed by atoms with Gasteiger partial charge >= 0.3 is 0 Å². The minimum absolute atomic E-state index is 0.0961. The summed E-state index contributed by atoms with van der Waals surface area (Å²) in [6, 6.07) is 8.15. The third kappa shape index (κ3) is 5.66. The molecule has 168 valence electrons. The number of carbonyl (C=O) groups is 1. The van der Waals surface area contributed by atoms with Gasteiger partial charge in [-0.2, -0.15) is 0 Å². The fourth-order valence-electron chi connectivity index (χ4n) is 4.69. The number of thiazole rings is 1. The van der Waals surface area contributed by atoms with Crippen LogP contribution in [-0.4, -0.2) is 48.5 Å². The molecule has 0 saturated carbocycles. The first-order valence-corrected chi connectivity index (χ1v) is 12.8. The lowest BCUT2D eigenvalue weighted by Crippen LogP contribution is -2.35. The van der Waals surface area contributed by atoms with Crippen molar-refractivity contribution in [3.8, 4) is 0 Å². The van der Waals surface area contributed by atoms with Crippen molar-refractivity contribution in [1.82, 2.24) is 9.88 Å². The van der Waals surface area contributed by atoms with Gasteiger partial charge < -0.3 is 15.1 Å². The molecule has 6 heteroatoms. The van der Waals surface area contributed by atoms with E-state index >= 15 is 0 Å². The minimum Gasteiger partial charge on any atom is -0.370 e. The molecule has 31 heavy (non-hydrogen) atoms. The lowest BCUT2D eigenvalue weighted by molar-refractivity contribution is 0.102. The molecule has 3 heterocycles. The van der Waals surface area contributed by atoms with Crippen LogP contribution in [0.5, 0.6) is 0 Å². The minimum atomic E-state index is -0.0961. The Hall–Kier alpha value is -1.92. The molecule has 1 unspecified atom stereocenters. The van der Waals surface area contributed by atoms with Crippen LogP contribution < -0.4 is 10.2 Å². The van der Waals surface area contributed by atoms with Gasteiger partial charge in [0, 0.05) is 30.9 Å². The number of nitrogens with one attached hydrogen (secondary N) is 1. The summed E-state index contributed by atoms with van der Waals surface area (Å²) in [5.74, 6) is 1.15. The maximum atomic E-state index is 13.0. The second-order valence-electron chi connectivity index (χ2n) is 9.18. The second kappa shape index (κ2) is 10.6. The predicted octanol–water partition coefficient (Wildman–Crippen LogP) is 5.61. The molecule has 1 aromatic heterocycles. The summed E-state index contributed by atoms with van der Waals surface area (Å²) in [4.78, 5) is 22.7. The molecule has 1 atom stereocenters. The van der Waals surface area contributed by atoms with Crippen molar-refractivity contribution in [1.29, 1.82) is 0 Å². The summed E-state index contributed by atoms with van der Waals surface area (Å²) in [6.07, 6.45) is 7.25. The molecule has 0 bridgehead atoms. The Bertz CT molecular complexity index is 853. The number of hydrogen-bond donors (Lipinski definition) is 1. The number of likely N-dealkylation sites (tertiary alicyclic amines) is 1. The van der Waals surface area contributed by atoms with E-state index in [9.17, 15) is 4.79 Å². The van der Waals surface area contributed by atoms with Gasteiger partial charge in [-0.15, -0.1) is 11.3 Å². The number of amides is 1. The Morgan fingerprint density at radius 3 is 2.65 bits per heavy atom. The van der Waals surface area contributed by atoms with Crippen LogP contribution in [0.2, 0.25) is 0 Å². The van der Waals surface area contributed by atoms with Gasteiger partial charge in [0.25, 0.3) is 5.91 Å². The van der Waals surface area contributed by atoms with Crippen molar-refractivity contribution >= 4 is 28.6 Å². The Balaban J connectivity index is 1.36. The second-order valence-corrected chi connectivity index (χ2v) is 10.1. The van der Waals surface area contributed by atoms with Crippen LogP contribution in [0.1, 0.15) is 73.8 Å². The quantitative estimate of drug-likeness (QED) is 0.608. The molecule has 1 aromatic carbocycles. The van der Waals surface area contributed by atoms with Crippen molar-refractivity contribution < 1.29 is 4.79 Å². The Morgan fingerprint density at radius 1 is 1.16 bits per heavy atom. The third-order valence-corrected chi connectivity index (χ3v) is 7.81. The van der Waals surface area contributed by atoms with E-state index in [0.717, 1.165) is 61.3 Å². The summed E-state index contributed by atoms with van der Waals surface area (Å²) in [5.41, 5.74) is 2.57. The van der Waals surface area contributed by atoms with E-state index in [1.165, 1.54) is 32.2 Å². The largest absolute Gasteiger partial charge is 0.370 e. The standard InChI is InChI=1S/C25H36N4OS/c1-3-19(2)17-28-15-11-20(12-16-28)25-27-22(18-31-25)24(30)26-21-9-5-6-10-23(21)29-13-7-4-8-14-29/h5-6,9-10,18-20H,3-4,7-8,11-17H2,1-2H3,(H,26,30). The van der Waals surface area contributed by atoms with Gasteiger partial charge in [0.1, 0.15) is 5.69 Å². The van der Waals surface area contributed by atoms with Crippen molar-refractivity contribution in [3.63, 3.8) is 0 Å². The monoisotopic (exact) mass is 440 g/mol. The molecule has 2 saturated heterocycles. The normalized spacial score (nSPS) is 19.4. The van der Waals surface area contributed by atoms with Crippen LogP contribution in [0.25, 0.3) is 0 Å². The number of carbonyl (C=O) groups excluding carboxylic acids is 1. The van der Waals surface area contributed by atoms with Gasteiger partial charge in [-0.3, -0.25) is 4.79 Å². The van der Waals surface area contributed by atoms with Crippen molar-refractivity contribution in [2.75, 3.05) is 42.9 Å². The highest BCUT2D eigenvalue weighted by Crippen LogP contribution is 2.32. The summed E-state index contributed by atoms with van der Waals surface area (Å²) in [5, 5.41) is 6.18. The first kappa shape index (κ1) is 22.3. The summed E-state index contributed by atoms with van der Waals surface area (Å²) in [7, 11) is 0. The molecule has 2 aliphatic heterocycles. The molecular weight excluding hydrogens is 404 g/mol. The van der Waals surface area contributed by atoms with Crippen LogP contribution in [0, 0.1) is 5.92 Å². The Morgan fingerprint density at radius 2 is 1.90 bits per heavy atom. The van der Waals surface area contributed by atoms with Gasteiger partial charge in [-0.25, -0.2) is 4.98 Å². The van der Waals surface area contributed by atoms with Crippen LogP contribution >= 0.6 is 11.3 Å². The molecule has 2 fully saturated rings. The summed E-state index contributed by atoms with van der Waals surface area (Å²) >= 11 is 1.65. The van der Waals surface area contributed by atoms with Crippen LogP contribution in [0.15, 0.2) is 29.6 Å². The maximum absolute atomic E-state index is 13.0. The zero-order valence-corrected chi connectivity index (χ0v) is 19.8. The summed E-state index contributed by atoms with van der Waals surface area (Å²) < 4.78 is 0. The smallest absolute Gasteiger partial charge is 0.275 e. The molecule has 1 amide bonds. The average Bonchev–Trinajstić information content (AvgIpc) is 3.31. The predicted molar refractivity (Wildman–Crippen MR) is 130 cm³/mol.